The first-order valence-electron chi connectivity index (χ1n) is 4.51. The van der Waals surface area contributed by atoms with Gasteiger partial charge in [0.15, 0.2) is 0 Å². The lowest BCUT2D eigenvalue weighted by molar-refractivity contribution is 0.227. The molecule has 0 aliphatic carbocycles. The van der Waals surface area contributed by atoms with E-state index >= 15 is 0 Å². The molecule has 3 N–H and O–H groups in total. The van der Waals surface area contributed by atoms with Crippen LogP contribution in [0.25, 0.3) is 6.08 Å². The second-order valence-corrected chi connectivity index (χ2v) is 5.26. The molecule has 0 bridgehead atoms. The molecule has 80 valence electrons. The van der Waals surface area contributed by atoms with E-state index in [0.717, 1.165) is 0 Å². The topological polar surface area (TPSA) is 80.4 Å². The van der Waals surface area contributed by atoms with Crippen LogP contribution in [-0.4, -0.2) is 26.2 Å². The van der Waals surface area contributed by atoms with Crippen molar-refractivity contribution >= 4 is 15.9 Å². The Kier molecular flexibility index (Phi) is 2.38. The molecule has 15 heavy (non-hydrogen) atoms. The minimum absolute atomic E-state index is 0.00815. The van der Waals surface area contributed by atoms with Gasteiger partial charge in [-0.05, 0) is 17.7 Å². The number of fused-ring (bicyclic) bond motifs is 1. The SMILES string of the molecule is NCC(O)C1=Cc2ccccc2S1(=O)=O. The van der Waals surface area contributed by atoms with E-state index in [1.807, 2.05) is 0 Å². The molecule has 0 amide bonds. The van der Waals surface area contributed by atoms with Crippen molar-refractivity contribution in [1.29, 1.82) is 0 Å². The number of hydrogen-bond acceptors (Lipinski definition) is 4. The van der Waals surface area contributed by atoms with E-state index in [1.165, 1.54) is 12.1 Å². The van der Waals surface area contributed by atoms with E-state index in [2.05, 4.69) is 0 Å². The average molecular weight is 225 g/mol. The highest BCUT2D eigenvalue weighted by Crippen LogP contribution is 2.33. The van der Waals surface area contributed by atoms with Gasteiger partial charge in [-0.25, -0.2) is 8.42 Å². The van der Waals surface area contributed by atoms with Crippen molar-refractivity contribution in [3.8, 4) is 0 Å². The summed E-state index contributed by atoms with van der Waals surface area (Å²) in [6.07, 6.45) is 0.352. The lowest BCUT2D eigenvalue weighted by atomic mass is 10.2. The van der Waals surface area contributed by atoms with Gasteiger partial charge in [0.05, 0.1) is 9.80 Å². The molecule has 1 heterocycles. The molecule has 5 heteroatoms. The highest BCUT2D eigenvalue weighted by atomic mass is 32.2. The third-order valence-corrected chi connectivity index (χ3v) is 4.33. The van der Waals surface area contributed by atoms with Crippen molar-refractivity contribution in [1.82, 2.24) is 0 Å². The standard InChI is InChI=1S/C10H11NO3S/c11-6-8(12)10-5-7-3-1-2-4-9(7)15(10,13)14/h1-5,8,12H,6,11H2. The molecule has 2 rings (SSSR count). The zero-order valence-corrected chi connectivity index (χ0v) is 8.74. The van der Waals surface area contributed by atoms with Gasteiger partial charge in [0.2, 0.25) is 9.84 Å². The summed E-state index contributed by atoms with van der Waals surface area (Å²) in [5, 5.41) is 9.49. The fourth-order valence-electron chi connectivity index (χ4n) is 1.59. The molecule has 4 nitrogen and oxygen atoms in total. The summed E-state index contributed by atoms with van der Waals surface area (Å²) in [5.74, 6) is 0. The van der Waals surface area contributed by atoms with Gasteiger partial charge in [-0.3, -0.25) is 0 Å². The van der Waals surface area contributed by atoms with Crippen molar-refractivity contribution < 1.29 is 13.5 Å². The Labute approximate surface area is 88.0 Å². The third-order valence-electron chi connectivity index (χ3n) is 2.37. The Morgan fingerprint density at radius 2 is 2.00 bits per heavy atom. The molecule has 1 aliphatic heterocycles. The summed E-state index contributed by atoms with van der Waals surface area (Å²) >= 11 is 0. The minimum Gasteiger partial charge on any atom is -0.386 e. The fourth-order valence-corrected chi connectivity index (χ4v) is 3.28. The maximum Gasteiger partial charge on any atom is 0.206 e. The van der Waals surface area contributed by atoms with Gasteiger partial charge in [0.1, 0.15) is 6.10 Å². The van der Waals surface area contributed by atoms with Crippen LogP contribution in [0, 0.1) is 0 Å². The zero-order chi connectivity index (χ0) is 11.1. The van der Waals surface area contributed by atoms with Crippen molar-refractivity contribution in [3.63, 3.8) is 0 Å². The lowest BCUT2D eigenvalue weighted by Gasteiger charge is -2.08. The van der Waals surface area contributed by atoms with Gasteiger partial charge in [0, 0.05) is 6.54 Å². The van der Waals surface area contributed by atoms with Gasteiger partial charge in [-0.1, -0.05) is 18.2 Å². The smallest absolute Gasteiger partial charge is 0.206 e. The van der Waals surface area contributed by atoms with E-state index in [9.17, 15) is 13.5 Å². The third kappa shape index (κ3) is 1.49. The fraction of sp³-hybridized carbons (Fsp3) is 0.200. The van der Waals surface area contributed by atoms with Gasteiger partial charge in [0.25, 0.3) is 0 Å². The number of aliphatic hydroxyl groups is 1. The average Bonchev–Trinajstić information content (AvgIpc) is 2.51. The molecule has 0 spiro atoms. The summed E-state index contributed by atoms with van der Waals surface area (Å²) in [6.45, 7) is -0.0982. The minimum atomic E-state index is -3.53. The summed E-state index contributed by atoms with van der Waals surface area (Å²) in [6, 6.07) is 6.63. The van der Waals surface area contributed by atoms with Crippen LogP contribution >= 0.6 is 0 Å². The molecule has 0 fully saturated rings. The van der Waals surface area contributed by atoms with Gasteiger partial charge >= 0.3 is 0 Å². The van der Waals surface area contributed by atoms with Gasteiger partial charge in [-0.15, -0.1) is 0 Å². The molecule has 1 atom stereocenters. The molecule has 1 unspecified atom stereocenters. The summed E-state index contributed by atoms with van der Waals surface area (Å²) in [4.78, 5) is 0.235. The molecule has 0 saturated carbocycles. The van der Waals surface area contributed by atoms with Crippen molar-refractivity contribution in [3.05, 3.63) is 34.7 Å². The summed E-state index contributed by atoms with van der Waals surface area (Å²) in [7, 11) is -3.53. The highest BCUT2D eigenvalue weighted by Gasteiger charge is 2.32. The summed E-state index contributed by atoms with van der Waals surface area (Å²) in [5.41, 5.74) is 5.86. The monoisotopic (exact) mass is 225 g/mol. The van der Waals surface area contributed by atoms with E-state index in [-0.39, 0.29) is 16.3 Å². The molecular weight excluding hydrogens is 214 g/mol. The Bertz CT molecular complexity index is 519. The number of sulfone groups is 1. The number of aliphatic hydroxyl groups excluding tert-OH is 1. The second-order valence-electron chi connectivity index (χ2n) is 3.34. The summed E-state index contributed by atoms with van der Waals surface area (Å²) < 4.78 is 23.8. The van der Waals surface area contributed by atoms with Crippen LogP contribution < -0.4 is 5.73 Å². The second kappa shape index (κ2) is 3.44. The molecule has 0 saturated heterocycles. The number of nitrogens with two attached hydrogens (primary N) is 1. The molecular formula is C10H11NO3S. The largest absolute Gasteiger partial charge is 0.386 e. The number of rotatable bonds is 2. The number of hydrogen-bond donors (Lipinski definition) is 2. The molecule has 1 aromatic rings. The Morgan fingerprint density at radius 1 is 1.33 bits per heavy atom. The van der Waals surface area contributed by atoms with Crippen LogP contribution in [0.5, 0.6) is 0 Å². The lowest BCUT2D eigenvalue weighted by Crippen LogP contribution is -2.24. The molecule has 1 aromatic carbocycles. The quantitative estimate of drug-likeness (QED) is 0.750. The van der Waals surface area contributed by atoms with E-state index in [0.29, 0.717) is 5.56 Å². The molecule has 0 aromatic heterocycles. The molecule has 1 aliphatic rings. The first-order valence-corrected chi connectivity index (χ1v) is 5.99. The highest BCUT2D eigenvalue weighted by molar-refractivity contribution is 7.96. The van der Waals surface area contributed by atoms with Crippen LogP contribution in [0.2, 0.25) is 0 Å². The van der Waals surface area contributed by atoms with Gasteiger partial charge in [-0.2, -0.15) is 0 Å². The maximum absolute atomic E-state index is 11.9. The van der Waals surface area contributed by atoms with E-state index in [1.54, 1.807) is 18.2 Å². The van der Waals surface area contributed by atoms with E-state index in [4.69, 9.17) is 5.73 Å². The zero-order valence-electron chi connectivity index (χ0n) is 7.92. The van der Waals surface area contributed by atoms with E-state index < -0.39 is 15.9 Å². The Morgan fingerprint density at radius 3 is 2.60 bits per heavy atom. The number of benzene rings is 1. The molecule has 0 radical (unpaired) electrons. The first kappa shape index (κ1) is 10.4. The van der Waals surface area contributed by atoms with Crippen molar-refractivity contribution in [2.45, 2.75) is 11.0 Å². The maximum atomic E-state index is 11.9. The predicted octanol–water partition coefficient (Wildman–Crippen LogP) is 0.134. The predicted molar refractivity (Wildman–Crippen MR) is 56.7 cm³/mol. The van der Waals surface area contributed by atoms with Gasteiger partial charge < -0.3 is 10.8 Å². The van der Waals surface area contributed by atoms with Crippen molar-refractivity contribution in [2.24, 2.45) is 5.73 Å². The normalized spacial score (nSPS) is 19.5. The van der Waals surface area contributed by atoms with Crippen LogP contribution in [0.15, 0.2) is 34.1 Å². The van der Waals surface area contributed by atoms with Crippen LogP contribution in [0.1, 0.15) is 5.56 Å². The van der Waals surface area contributed by atoms with Crippen molar-refractivity contribution in [2.75, 3.05) is 6.54 Å². The first-order chi connectivity index (χ1) is 7.07. The van der Waals surface area contributed by atoms with Crippen LogP contribution in [0.3, 0.4) is 0 Å². The van der Waals surface area contributed by atoms with Crippen LogP contribution in [0.4, 0.5) is 0 Å². The van der Waals surface area contributed by atoms with Crippen LogP contribution in [-0.2, 0) is 9.84 Å². The Balaban J connectivity index is 2.59. The Hall–Kier alpha value is -1.17.